The van der Waals surface area contributed by atoms with E-state index < -0.39 is 0 Å². The zero-order chi connectivity index (χ0) is 40.7. The maximum Gasteiger partial charge on any atom is 0.136 e. The molecule has 0 fully saturated rings. The first-order chi connectivity index (χ1) is 30.8. The number of nitrogens with zero attached hydrogens (tertiary/aromatic N) is 2. The molecule has 0 unspecified atom stereocenters. The van der Waals surface area contributed by atoms with Crippen molar-refractivity contribution in [3.8, 4) is 27.9 Å². The molecule has 290 valence electrons. The van der Waals surface area contributed by atoms with Crippen LogP contribution in [0.15, 0.2) is 223 Å². The van der Waals surface area contributed by atoms with Gasteiger partial charge in [0.1, 0.15) is 11.2 Å². The van der Waals surface area contributed by atoms with Crippen molar-refractivity contribution in [3.05, 3.63) is 218 Å². The summed E-state index contributed by atoms with van der Waals surface area (Å²) in [6.45, 7) is 0. The minimum absolute atomic E-state index is 0.875. The van der Waals surface area contributed by atoms with Gasteiger partial charge in [-0.2, -0.15) is 0 Å². The fourth-order valence-electron chi connectivity index (χ4n) is 9.83. The first kappa shape index (κ1) is 34.9. The van der Waals surface area contributed by atoms with Crippen molar-refractivity contribution in [1.29, 1.82) is 0 Å². The molecule has 0 atom stereocenters. The summed E-state index contributed by atoms with van der Waals surface area (Å²) in [5, 5.41) is 9.66. The highest BCUT2D eigenvalue weighted by atomic mass is 32.1. The molecule has 0 amide bonds. The van der Waals surface area contributed by atoms with Crippen LogP contribution in [0, 0.1) is 0 Å². The van der Waals surface area contributed by atoms with E-state index in [1.54, 1.807) is 0 Å². The second kappa shape index (κ2) is 13.8. The highest BCUT2D eigenvalue weighted by Gasteiger charge is 2.24. The van der Waals surface area contributed by atoms with Crippen LogP contribution in [0.4, 0.5) is 17.1 Å². The van der Waals surface area contributed by atoms with Crippen LogP contribution in [0.1, 0.15) is 0 Å². The molecule has 0 bridgehead atoms. The second-order valence-electron chi connectivity index (χ2n) is 16.0. The Bertz CT molecular complexity index is 3830. The third-order valence-corrected chi connectivity index (χ3v) is 13.8. The fraction of sp³-hybridized carbons (Fsp3) is 0. The maximum atomic E-state index is 6.63. The largest absolute Gasteiger partial charge is 0.456 e. The molecule has 0 radical (unpaired) electrons. The molecule has 3 nitrogen and oxygen atoms in total. The van der Waals surface area contributed by atoms with Crippen LogP contribution in [0.5, 0.6) is 0 Å². The van der Waals surface area contributed by atoms with Crippen molar-refractivity contribution >= 4 is 103 Å². The normalized spacial score (nSPS) is 11.9. The Kier molecular flexibility index (Phi) is 7.78. The van der Waals surface area contributed by atoms with Crippen LogP contribution in [0.2, 0.25) is 0 Å². The molecule has 0 spiro atoms. The number of rotatable bonds is 6. The summed E-state index contributed by atoms with van der Waals surface area (Å²) in [6, 6.07) is 79.2. The van der Waals surface area contributed by atoms with Gasteiger partial charge in [0, 0.05) is 53.0 Å². The number of hydrogen-bond acceptors (Lipinski definition) is 3. The lowest BCUT2D eigenvalue weighted by molar-refractivity contribution is 0.669. The second-order valence-corrected chi connectivity index (χ2v) is 17.1. The number of para-hydroxylation sites is 5. The van der Waals surface area contributed by atoms with Gasteiger partial charge in [-0.15, -0.1) is 11.3 Å². The fourth-order valence-corrected chi connectivity index (χ4v) is 11.1. The van der Waals surface area contributed by atoms with Gasteiger partial charge in [0.2, 0.25) is 0 Å². The molecule has 13 rings (SSSR count). The smallest absolute Gasteiger partial charge is 0.136 e. The van der Waals surface area contributed by atoms with Gasteiger partial charge in [-0.3, -0.25) is 0 Å². The first-order valence-corrected chi connectivity index (χ1v) is 21.9. The summed E-state index contributed by atoms with van der Waals surface area (Å²) in [5.41, 5.74) is 13.1. The Hall–Kier alpha value is -7.92. The summed E-state index contributed by atoms with van der Waals surface area (Å²) in [5.74, 6) is 0. The first-order valence-electron chi connectivity index (χ1n) is 21.1. The molecule has 3 aromatic heterocycles. The Labute approximate surface area is 361 Å². The van der Waals surface area contributed by atoms with Crippen LogP contribution in [0.3, 0.4) is 0 Å². The van der Waals surface area contributed by atoms with E-state index in [4.69, 9.17) is 4.42 Å². The van der Waals surface area contributed by atoms with E-state index in [9.17, 15) is 0 Å². The minimum atomic E-state index is 0.875. The number of aromatic nitrogens is 1. The predicted molar refractivity (Wildman–Crippen MR) is 264 cm³/mol. The summed E-state index contributed by atoms with van der Waals surface area (Å²) in [7, 11) is 0. The standard InChI is InChI=1S/C58H36N2OS/c1-2-16-39-36-55-48(35-38(39)15-1)57-46(22-14-29-54(57)61-55)44-19-5-7-24-49(44)59(40-33-31-37(32-34-40)41-21-13-23-47-45-20-6-12-30-56(45)62-58(41)47)52-27-10-11-28-53(52)60-50-25-8-3-17-42(50)43-18-4-9-26-51(43)60/h1-36H. The van der Waals surface area contributed by atoms with Crippen LogP contribution in [-0.2, 0) is 0 Å². The van der Waals surface area contributed by atoms with E-state index in [1.165, 1.54) is 63.9 Å². The van der Waals surface area contributed by atoms with E-state index >= 15 is 0 Å². The summed E-state index contributed by atoms with van der Waals surface area (Å²) in [6.07, 6.45) is 0. The monoisotopic (exact) mass is 808 g/mol. The average molecular weight is 809 g/mol. The predicted octanol–water partition coefficient (Wildman–Crippen LogP) is 17.0. The third kappa shape index (κ3) is 5.30. The number of anilines is 3. The lowest BCUT2D eigenvalue weighted by Crippen LogP contribution is -2.14. The number of fused-ring (bicyclic) bond motifs is 10. The molecule has 3 heterocycles. The van der Waals surface area contributed by atoms with Crippen LogP contribution >= 0.6 is 11.3 Å². The molecule has 0 saturated heterocycles. The van der Waals surface area contributed by atoms with Crippen molar-refractivity contribution in [1.82, 2.24) is 4.57 Å². The molecular weight excluding hydrogens is 773 g/mol. The van der Waals surface area contributed by atoms with Gasteiger partial charge in [-0.05, 0) is 94.2 Å². The third-order valence-electron chi connectivity index (χ3n) is 12.6. The lowest BCUT2D eigenvalue weighted by atomic mass is 9.96. The lowest BCUT2D eigenvalue weighted by Gasteiger charge is -2.30. The molecule has 13 aromatic rings. The number of hydrogen-bond donors (Lipinski definition) is 0. The molecule has 0 aliphatic carbocycles. The number of furan rings is 1. The summed E-state index contributed by atoms with van der Waals surface area (Å²) in [4.78, 5) is 2.45. The quantitative estimate of drug-likeness (QED) is 0.167. The Morgan fingerprint density at radius 1 is 0.403 bits per heavy atom. The average Bonchev–Trinajstić information content (AvgIpc) is 4.01. The highest BCUT2D eigenvalue weighted by Crippen LogP contribution is 2.48. The highest BCUT2D eigenvalue weighted by molar-refractivity contribution is 7.26. The summed E-state index contributed by atoms with van der Waals surface area (Å²) >= 11 is 1.87. The van der Waals surface area contributed by atoms with Crippen molar-refractivity contribution in [3.63, 3.8) is 0 Å². The van der Waals surface area contributed by atoms with Gasteiger partial charge in [0.25, 0.3) is 0 Å². The molecule has 0 aliphatic rings. The molecular formula is C58H36N2OS. The van der Waals surface area contributed by atoms with E-state index in [0.29, 0.717) is 0 Å². The van der Waals surface area contributed by atoms with E-state index in [2.05, 4.69) is 228 Å². The van der Waals surface area contributed by atoms with Gasteiger partial charge < -0.3 is 13.9 Å². The van der Waals surface area contributed by atoms with Gasteiger partial charge in [-0.25, -0.2) is 0 Å². The Balaban J connectivity index is 1.06. The van der Waals surface area contributed by atoms with E-state index in [-0.39, 0.29) is 0 Å². The van der Waals surface area contributed by atoms with Crippen LogP contribution < -0.4 is 4.90 Å². The summed E-state index contributed by atoms with van der Waals surface area (Å²) < 4.78 is 11.7. The SMILES string of the molecule is c1ccc(N(c2ccc(-c3cccc4c3sc3ccccc34)cc2)c2ccccc2-n2c3ccccc3c3ccccc32)c(-c2cccc3oc4cc5ccccc5cc4c23)c1. The molecule has 4 heteroatoms. The van der Waals surface area contributed by atoms with Crippen LogP contribution in [0.25, 0.3) is 103 Å². The van der Waals surface area contributed by atoms with Crippen molar-refractivity contribution in [2.24, 2.45) is 0 Å². The molecule has 10 aromatic carbocycles. The zero-order valence-electron chi connectivity index (χ0n) is 33.5. The van der Waals surface area contributed by atoms with Crippen LogP contribution in [-0.4, -0.2) is 4.57 Å². The molecule has 62 heavy (non-hydrogen) atoms. The molecule has 0 aliphatic heterocycles. The Morgan fingerprint density at radius 2 is 1.00 bits per heavy atom. The van der Waals surface area contributed by atoms with Gasteiger partial charge >= 0.3 is 0 Å². The minimum Gasteiger partial charge on any atom is -0.456 e. The molecule has 0 saturated carbocycles. The van der Waals surface area contributed by atoms with Gasteiger partial charge in [-0.1, -0.05) is 152 Å². The number of benzene rings is 10. The van der Waals surface area contributed by atoms with E-state index in [1.807, 2.05) is 11.3 Å². The Morgan fingerprint density at radius 3 is 1.81 bits per heavy atom. The van der Waals surface area contributed by atoms with Gasteiger partial charge in [0.05, 0.1) is 28.1 Å². The maximum absolute atomic E-state index is 6.63. The van der Waals surface area contributed by atoms with Crippen molar-refractivity contribution < 1.29 is 4.42 Å². The van der Waals surface area contributed by atoms with Crippen molar-refractivity contribution in [2.45, 2.75) is 0 Å². The number of thiophene rings is 1. The molecule has 0 N–H and O–H groups in total. The topological polar surface area (TPSA) is 21.3 Å². The zero-order valence-corrected chi connectivity index (χ0v) is 34.3. The van der Waals surface area contributed by atoms with Gasteiger partial charge in [0.15, 0.2) is 0 Å². The van der Waals surface area contributed by atoms with E-state index in [0.717, 1.165) is 55.8 Å². The van der Waals surface area contributed by atoms with Crippen molar-refractivity contribution in [2.75, 3.05) is 4.90 Å².